The van der Waals surface area contributed by atoms with E-state index in [-0.39, 0.29) is 74.2 Å². The van der Waals surface area contributed by atoms with E-state index in [1.807, 2.05) is 0 Å². The smallest absolute Gasteiger partial charge is 0.550 e. The van der Waals surface area contributed by atoms with Gasteiger partial charge in [0.1, 0.15) is 6.04 Å². The van der Waals surface area contributed by atoms with Crippen molar-refractivity contribution in [3.63, 3.8) is 0 Å². The summed E-state index contributed by atoms with van der Waals surface area (Å²) in [4.78, 5) is 33.6. The zero-order valence-corrected chi connectivity index (χ0v) is 16.9. The summed E-state index contributed by atoms with van der Waals surface area (Å²) < 4.78 is 15.3. The monoisotopic (exact) mass is 365 g/mol. The fourth-order valence-electron chi connectivity index (χ4n) is 1.82. The number of amides is 1. The third kappa shape index (κ3) is 5.95. The maximum Gasteiger partial charge on any atom is 1.00 e. The second-order valence-electron chi connectivity index (χ2n) is 4.35. The van der Waals surface area contributed by atoms with E-state index >= 15 is 0 Å². The summed E-state index contributed by atoms with van der Waals surface area (Å²) in [5.41, 5.74) is 0.0177. The van der Waals surface area contributed by atoms with Gasteiger partial charge in [-0.2, -0.15) is 0 Å². The third-order valence-corrected chi connectivity index (χ3v) is 2.90. The summed E-state index contributed by atoms with van der Waals surface area (Å²) >= 11 is 0. The minimum Gasteiger partial charge on any atom is -0.550 e. The number of nitrogens with one attached hydrogen (secondary N) is 1. The summed E-state index contributed by atoms with van der Waals surface area (Å²) in [5, 5.41) is 21.6. The molecule has 0 aliphatic carbocycles. The zero-order chi connectivity index (χ0) is 17.6. The van der Waals surface area contributed by atoms with E-state index in [1.165, 1.54) is 33.5 Å². The average Bonchev–Trinajstić information content (AvgIpc) is 2.51. The van der Waals surface area contributed by atoms with Crippen molar-refractivity contribution in [1.82, 2.24) is 5.32 Å². The maximum atomic E-state index is 12.1. The molecule has 0 heterocycles. The van der Waals surface area contributed by atoms with E-state index in [0.717, 1.165) is 0 Å². The first-order valence-corrected chi connectivity index (χ1v) is 6.37. The Morgan fingerprint density at radius 1 is 1.12 bits per heavy atom. The summed E-state index contributed by atoms with van der Waals surface area (Å²) in [7, 11) is 4.10. The van der Waals surface area contributed by atoms with E-state index in [2.05, 4.69) is 5.32 Å². The largest absolute Gasteiger partial charge is 1.00 e. The molecule has 0 aliphatic heterocycles. The Bertz CT molecular complexity index is 594. The fraction of sp³-hybridized carbons (Fsp3) is 0.357. The minimum absolute atomic E-state index is 0. The summed E-state index contributed by atoms with van der Waals surface area (Å²) in [6.07, 6.45) is -0.856. The first-order valence-electron chi connectivity index (χ1n) is 6.37. The zero-order valence-electron chi connectivity index (χ0n) is 13.7. The van der Waals surface area contributed by atoms with Crippen LogP contribution in [-0.4, -0.2) is 50.3 Å². The van der Waals surface area contributed by atoms with Gasteiger partial charge in [0.25, 0.3) is 5.91 Å². The fourth-order valence-corrected chi connectivity index (χ4v) is 1.82. The van der Waals surface area contributed by atoms with Crippen LogP contribution in [0.1, 0.15) is 16.8 Å². The van der Waals surface area contributed by atoms with E-state index < -0.39 is 30.3 Å². The van der Waals surface area contributed by atoms with E-state index in [9.17, 15) is 19.5 Å². The molecule has 0 bridgehead atoms. The molecule has 1 rings (SSSR count). The van der Waals surface area contributed by atoms with E-state index in [4.69, 9.17) is 19.3 Å². The Kier molecular flexibility index (Phi) is 9.93. The molecule has 0 saturated heterocycles. The predicted molar refractivity (Wildman–Crippen MR) is 74.6 cm³/mol. The van der Waals surface area contributed by atoms with Crippen LogP contribution in [0.15, 0.2) is 12.1 Å². The number of aliphatic carboxylic acids is 2. The molecule has 0 aromatic heterocycles. The number of carboxylic acid groups (broad SMARTS) is 2. The van der Waals surface area contributed by atoms with Crippen molar-refractivity contribution in [2.45, 2.75) is 12.5 Å². The van der Waals surface area contributed by atoms with Crippen LogP contribution in [0.2, 0.25) is 0 Å². The van der Waals surface area contributed by atoms with Crippen LogP contribution in [0.3, 0.4) is 0 Å². The SMILES string of the molecule is COc1cc(C(=O)NC(CC(=O)[O-])C(=O)O)cc(OC)c1OC.[K+]. The molecule has 0 aliphatic rings. The van der Waals surface area contributed by atoms with Crippen LogP contribution in [0.25, 0.3) is 0 Å². The van der Waals surface area contributed by atoms with Crippen LogP contribution < -0.4 is 76.0 Å². The Hall–Kier alpha value is -1.33. The van der Waals surface area contributed by atoms with E-state index in [1.54, 1.807) is 0 Å². The van der Waals surface area contributed by atoms with Crippen LogP contribution in [0, 0.1) is 0 Å². The summed E-state index contributed by atoms with van der Waals surface area (Å²) in [6.45, 7) is 0. The Labute approximate surface area is 180 Å². The van der Waals surface area contributed by atoms with Gasteiger partial charge < -0.3 is 34.5 Å². The molecule has 0 spiro atoms. The van der Waals surface area contributed by atoms with Crippen LogP contribution in [0.5, 0.6) is 17.2 Å². The molecular formula is C14H16KNO8. The standard InChI is InChI=1S/C14H17NO8.K/c1-21-9-4-7(5-10(22-2)12(9)23-3)13(18)15-8(14(19)20)6-11(16)17;/h4-5,8H,6H2,1-3H3,(H,15,18)(H,16,17)(H,19,20);/q;+1/p-1. The van der Waals surface area contributed by atoms with Crippen LogP contribution >= 0.6 is 0 Å². The predicted octanol–water partition coefficient (Wildman–Crippen LogP) is -3.96. The van der Waals surface area contributed by atoms with Crippen molar-refractivity contribution in [3.8, 4) is 17.2 Å². The Morgan fingerprint density at radius 3 is 1.96 bits per heavy atom. The molecule has 0 saturated carbocycles. The van der Waals surface area contributed by atoms with Gasteiger partial charge >= 0.3 is 57.4 Å². The van der Waals surface area contributed by atoms with Crippen molar-refractivity contribution < 1.29 is 90.2 Å². The van der Waals surface area contributed by atoms with Crippen molar-refractivity contribution in [2.24, 2.45) is 0 Å². The number of carbonyl (C=O) groups excluding carboxylic acids is 2. The first kappa shape index (κ1) is 22.7. The molecule has 0 radical (unpaired) electrons. The molecule has 1 atom stereocenters. The quantitative estimate of drug-likeness (QED) is 0.446. The second-order valence-corrected chi connectivity index (χ2v) is 4.35. The van der Waals surface area contributed by atoms with Gasteiger partial charge in [0.2, 0.25) is 5.75 Å². The average molecular weight is 365 g/mol. The van der Waals surface area contributed by atoms with Gasteiger partial charge in [0.15, 0.2) is 11.5 Å². The van der Waals surface area contributed by atoms with Crippen molar-refractivity contribution in [3.05, 3.63) is 17.7 Å². The van der Waals surface area contributed by atoms with Gasteiger partial charge in [-0.15, -0.1) is 0 Å². The number of ether oxygens (including phenoxy) is 3. The Morgan fingerprint density at radius 2 is 1.62 bits per heavy atom. The molecule has 126 valence electrons. The number of hydrogen-bond acceptors (Lipinski definition) is 7. The molecule has 1 aromatic carbocycles. The number of carboxylic acids is 2. The van der Waals surface area contributed by atoms with Crippen molar-refractivity contribution in [2.75, 3.05) is 21.3 Å². The van der Waals surface area contributed by atoms with Crippen LogP contribution in [0.4, 0.5) is 0 Å². The van der Waals surface area contributed by atoms with Crippen molar-refractivity contribution >= 4 is 17.8 Å². The number of methoxy groups -OCH3 is 3. The van der Waals surface area contributed by atoms with Gasteiger partial charge in [0.05, 0.1) is 21.3 Å². The van der Waals surface area contributed by atoms with Gasteiger partial charge in [-0.05, 0) is 12.1 Å². The third-order valence-electron chi connectivity index (χ3n) is 2.90. The number of hydrogen-bond donors (Lipinski definition) is 2. The Balaban J connectivity index is 0.00000529. The normalized spacial score (nSPS) is 10.8. The summed E-state index contributed by atoms with van der Waals surface area (Å²) in [5.74, 6) is -3.24. The summed E-state index contributed by atoms with van der Waals surface area (Å²) in [6, 6.07) is 1.01. The molecule has 10 heteroatoms. The number of carbonyl (C=O) groups is 3. The topological polar surface area (TPSA) is 134 Å². The second kappa shape index (κ2) is 10.5. The van der Waals surface area contributed by atoms with Gasteiger partial charge in [-0.3, -0.25) is 4.79 Å². The first-order chi connectivity index (χ1) is 10.8. The maximum absolute atomic E-state index is 12.1. The molecule has 2 N–H and O–H groups in total. The molecule has 1 unspecified atom stereocenters. The van der Waals surface area contributed by atoms with Gasteiger partial charge in [-0.25, -0.2) is 4.79 Å². The molecule has 0 fully saturated rings. The minimum atomic E-state index is -1.62. The van der Waals surface area contributed by atoms with Gasteiger partial charge in [-0.1, -0.05) is 0 Å². The molecule has 9 nitrogen and oxygen atoms in total. The van der Waals surface area contributed by atoms with Crippen LogP contribution in [-0.2, 0) is 9.59 Å². The molecule has 1 amide bonds. The molecule has 1 aromatic rings. The number of rotatable bonds is 8. The van der Waals surface area contributed by atoms with Crippen molar-refractivity contribution in [1.29, 1.82) is 0 Å². The number of benzene rings is 1. The molecule has 24 heavy (non-hydrogen) atoms. The molecular weight excluding hydrogens is 349 g/mol. The van der Waals surface area contributed by atoms with E-state index in [0.29, 0.717) is 0 Å². The van der Waals surface area contributed by atoms with Gasteiger partial charge in [0, 0.05) is 18.0 Å².